The fraction of sp³-hybridized carbons (Fsp3) is 0.357. The van der Waals surface area contributed by atoms with E-state index in [9.17, 15) is 9.59 Å². The number of benzene rings is 1. The molecular formula is C14H15Cl2NO4. The van der Waals surface area contributed by atoms with Crippen molar-refractivity contribution in [2.75, 3.05) is 13.2 Å². The van der Waals surface area contributed by atoms with Gasteiger partial charge in [0.25, 0.3) is 0 Å². The van der Waals surface area contributed by atoms with Crippen LogP contribution in [-0.4, -0.2) is 31.4 Å². The van der Waals surface area contributed by atoms with Crippen LogP contribution >= 0.6 is 23.2 Å². The van der Waals surface area contributed by atoms with Gasteiger partial charge in [-0.05, 0) is 32.0 Å². The minimum atomic E-state index is -1.22. The number of nitrogens with zero attached hydrogens (tertiary/aromatic N) is 1. The van der Waals surface area contributed by atoms with Gasteiger partial charge in [-0.3, -0.25) is 14.6 Å². The van der Waals surface area contributed by atoms with E-state index in [0.717, 1.165) is 6.21 Å². The standard InChI is InChI=1S/C14H15Cl2NO4/c1-3-20-13(18)12(14(19)21-4-2)8-17-11-6-9(15)5-10(16)7-11/h5-8,12H,3-4H2,1-2H3. The van der Waals surface area contributed by atoms with E-state index in [1.54, 1.807) is 32.0 Å². The highest BCUT2D eigenvalue weighted by Gasteiger charge is 2.27. The molecule has 21 heavy (non-hydrogen) atoms. The highest BCUT2D eigenvalue weighted by Crippen LogP contribution is 2.24. The van der Waals surface area contributed by atoms with Crippen LogP contribution in [0, 0.1) is 5.92 Å². The first-order valence-electron chi connectivity index (χ1n) is 6.31. The monoisotopic (exact) mass is 331 g/mol. The van der Waals surface area contributed by atoms with Crippen molar-refractivity contribution in [3.05, 3.63) is 28.2 Å². The van der Waals surface area contributed by atoms with Gasteiger partial charge in [0.2, 0.25) is 0 Å². The van der Waals surface area contributed by atoms with Gasteiger partial charge in [-0.1, -0.05) is 23.2 Å². The molecule has 1 rings (SSSR count). The molecular weight excluding hydrogens is 317 g/mol. The Bertz CT molecular complexity index is 508. The van der Waals surface area contributed by atoms with Crippen LogP contribution in [0.3, 0.4) is 0 Å². The topological polar surface area (TPSA) is 65.0 Å². The quantitative estimate of drug-likeness (QED) is 0.455. The second-order valence-electron chi connectivity index (χ2n) is 3.89. The summed E-state index contributed by atoms with van der Waals surface area (Å²) in [5.74, 6) is -2.65. The maximum absolute atomic E-state index is 11.7. The lowest BCUT2D eigenvalue weighted by molar-refractivity contribution is -0.157. The number of ether oxygens (including phenoxy) is 2. The Morgan fingerprint density at radius 3 is 2.00 bits per heavy atom. The molecule has 0 saturated carbocycles. The first kappa shape index (κ1) is 17.5. The van der Waals surface area contributed by atoms with E-state index in [1.165, 1.54) is 0 Å². The lowest BCUT2D eigenvalue weighted by Gasteiger charge is -2.10. The van der Waals surface area contributed by atoms with Gasteiger partial charge in [0, 0.05) is 16.3 Å². The van der Waals surface area contributed by atoms with Crippen LogP contribution in [0.2, 0.25) is 10.0 Å². The molecule has 0 spiro atoms. The zero-order valence-corrected chi connectivity index (χ0v) is 13.1. The van der Waals surface area contributed by atoms with Crippen LogP contribution in [0.4, 0.5) is 5.69 Å². The van der Waals surface area contributed by atoms with Crippen LogP contribution < -0.4 is 0 Å². The molecule has 0 radical (unpaired) electrons. The van der Waals surface area contributed by atoms with Crippen LogP contribution in [0.15, 0.2) is 23.2 Å². The number of hydrogen-bond acceptors (Lipinski definition) is 5. The third-order valence-corrected chi connectivity index (χ3v) is 2.74. The van der Waals surface area contributed by atoms with Crippen molar-refractivity contribution in [2.24, 2.45) is 10.9 Å². The van der Waals surface area contributed by atoms with Crippen molar-refractivity contribution in [3.8, 4) is 0 Å². The van der Waals surface area contributed by atoms with E-state index >= 15 is 0 Å². The van der Waals surface area contributed by atoms with E-state index < -0.39 is 17.9 Å². The van der Waals surface area contributed by atoms with E-state index in [2.05, 4.69) is 4.99 Å². The maximum atomic E-state index is 11.7. The molecule has 0 aliphatic carbocycles. The van der Waals surface area contributed by atoms with E-state index in [-0.39, 0.29) is 13.2 Å². The summed E-state index contributed by atoms with van der Waals surface area (Å²) in [5, 5.41) is 0.803. The third-order valence-electron chi connectivity index (χ3n) is 2.30. The van der Waals surface area contributed by atoms with Gasteiger partial charge in [-0.15, -0.1) is 0 Å². The van der Waals surface area contributed by atoms with Gasteiger partial charge in [-0.2, -0.15) is 0 Å². The van der Waals surface area contributed by atoms with Crippen molar-refractivity contribution in [3.63, 3.8) is 0 Å². The maximum Gasteiger partial charge on any atom is 0.325 e. The van der Waals surface area contributed by atoms with Gasteiger partial charge in [0.15, 0.2) is 5.92 Å². The Morgan fingerprint density at radius 1 is 1.10 bits per heavy atom. The number of hydrogen-bond donors (Lipinski definition) is 0. The zero-order chi connectivity index (χ0) is 15.8. The summed E-state index contributed by atoms with van der Waals surface area (Å²) in [4.78, 5) is 27.5. The van der Waals surface area contributed by atoms with Gasteiger partial charge in [0.1, 0.15) is 0 Å². The van der Waals surface area contributed by atoms with Crippen molar-refractivity contribution < 1.29 is 19.1 Å². The number of halogens is 2. The fourth-order valence-corrected chi connectivity index (χ4v) is 1.97. The molecule has 5 nitrogen and oxygen atoms in total. The molecule has 7 heteroatoms. The predicted molar refractivity (Wildman–Crippen MR) is 81.4 cm³/mol. The normalized spacial score (nSPS) is 10.9. The fourth-order valence-electron chi connectivity index (χ4n) is 1.46. The average molecular weight is 332 g/mol. The summed E-state index contributed by atoms with van der Waals surface area (Å²) in [5.41, 5.74) is 0.422. The third kappa shape index (κ3) is 5.73. The second kappa shape index (κ2) is 8.64. The molecule has 0 N–H and O–H groups in total. The lowest BCUT2D eigenvalue weighted by atomic mass is 10.1. The van der Waals surface area contributed by atoms with Gasteiger partial charge >= 0.3 is 11.9 Å². The van der Waals surface area contributed by atoms with Crippen molar-refractivity contribution >= 4 is 47.0 Å². The summed E-state index contributed by atoms with van der Waals surface area (Å²) >= 11 is 11.7. The number of aliphatic imine (C=N–C) groups is 1. The number of rotatable bonds is 6. The van der Waals surface area contributed by atoms with Gasteiger partial charge < -0.3 is 9.47 Å². The molecule has 0 fully saturated rings. The average Bonchev–Trinajstić information content (AvgIpc) is 2.38. The SMILES string of the molecule is CCOC(=O)C(C=Nc1cc(Cl)cc(Cl)c1)C(=O)OCC. The highest BCUT2D eigenvalue weighted by atomic mass is 35.5. The zero-order valence-electron chi connectivity index (χ0n) is 11.6. The second-order valence-corrected chi connectivity index (χ2v) is 4.76. The summed E-state index contributed by atoms with van der Waals surface area (Å²) in [6.07, 6.45) is 1.16. The molecule has 1 aromatic rings. The molecule has 0 saturated heterocycles. The first-order chi connectivity index (χ1) is 9.97. The molecule has 0 amide bonds. The molecule has 1 aromatic carbocycles. The Labute approximate surface area is 132 Å². The Balaban J connectivity index is 2.96. The minimum Gasteiger partial charge on any atom is -0.465 e. The Kier molecular flexibility index (Phi) is 7.19. The number of esters is 2. The molecule has 0 heterocycles. The molecule has 0 aliphatic rings. The van der Waals surface area contributed by atoms with Crippen LogP contribution in [-0.2, 0) is 19.1 Å². The van der Waals surface area contributed by atoms with Crippen LogP contribution in [0.5, 0.6) is 0 Å². The highest BCUT2D eigenvalue weighted by molar-refractivity contribution is 6.35. The Morgan fingerprint density at radius 2 is 1.57 bits per heavy atom. The molecule has 114 valence electrons. The van der Waals surface area contributed by atoms with Crippen LogP contribution in [0.1, 0.15) is 13.8 Å². The minimum absolute atomic E-state index is 0.158. The van der Waals surface area contributed by atoms with Crippen molar-refractivity contribution in [1.82, 2.24) is 0 Å². The van der Waals surface area contributed by atoms with E-state index in [4.69, 9.17) is 32.7 Å². The summed E-state index contributed by atoms with van der Waals surface area (Å²) < 4.78 is 9.65. The van der Waals surface area contributed by atoms with E-state index in [0.29, 0.717) is 15.7 Å². The summed E-state index contributed by atoms with van der Waals surface area (Å²) in [6, 6.07) is 4.66. The van der Waals surface area contributed by atoms with Gasteiger partial charge in [0.05, 0.1) is 18.9 Å². The summed E-state index contributed by atoms with van der Waals surface area (Å²) in [6.45, 7) is 3.61. The smallest absolute Gasteiger partial charge is 0.325 e. The lowest BCUT2D eigenvalue weighted by Crippen LogP contribution is -2.29. The first-order valence-corrected chi connectivity index (χ1v) is 7.07. The Hall–Kier alpha value is -1.59. The molecule has 0 aromatic heterocycles. The molecule has 0 aliphatic heterocycles. The largest absolute Gasteiger partial charge is 0.465 e. The van der Waals surface area contributed by atoms with Crippen LogP contribution in [0.25, 0.3) is 0 Å². The number of carbonyl (C=O) groups is 2. The number of carbonyl (C=O) groups excluding carboxylic acids is 2. The van der Waals surface area contributed by atoms with Crippen molar-refractivity contribution in [2.45, 2.75) is 13.8 Å². The van der Waals surface area contributed by atoms with E-state index in [1.807, 2.05) is 0 Å². The van der Waals surface area contributed by atoms with Gasteiger partial charge in [-0.25, -0.2) is 0 Å². The molecule has 0 bridgehead atoms. The summed E-state index contributed by atoms with van der Waals surface area (Å²) in [7, 11) is 0. The molecule has 0 atom stereocenters. The molecule has 0 unspecified atom stereocenters. The predicted octanol–water partition coefficient (Wildman–Crippen LogP) is 3.44. The van der Waals surface area contributed by atoms with Crippen molar-refractivity contribution in [1.29, 1.82) is 0 Å².